The van der Waals surface area contributed by atoms with Gasteiger partial charge in [-0.05, 0) is 42.3 Å². The summed E-state index contributed by atoms with van der Waals surface area (Å²) in [6.45, 7) is 5.48. The zero-order chi connectivity index (χ0) is 28.4. The van der Waals surface area contributed by atoms with E-state index in [2.05, 4.69) is 46.3 Å². The largest absolute Gasteiger partial charge is 0.493 e. The standard InChI is InChI=1S/C26H24ClN3O2.C4H4O4/c1-16-20(26(31)30-13-19(27)7-9-24(30)28-16)10-11-29-12-18-15-32-23-8-6-17-4-2-3-5-21(17)25(23)22(18)14-29;5-3(6)1-2-4(7)8/h2-9,13,18,22H,10-12,14-15H2,1H3;1-2H,(H,5,6)(H,7,8)/b;2-1+/t18-,22-;/m0./s1. The number of carbonyl (C=O) groups is 2. The molecule has 4 heterocycles. The molecule has 2 aliphatic heterocycles. The van der Waals surface area contributed by atoms with Crippen LogP contribution in [0.5, 0.6) is 5.75 Å². The zero-order valence-electron chi connectivity index (χ0n) is 21.8. The van der Waals surface area contributed by atoms with Crippen LogP contribution in [0.4, 0.5) is 0 Å². The second kappa shape index (κ2) is 11.5. The average molecular weight is 562 g/mol. The first kappa shape index (κ1) is 27.4. The molecule has 206 valence electrons. The van der Waals surface area contributed by atoms with E-state index in [9.17, 15) is 14.4 Å². The Bertz CT molecular complexity index is 1680. The Balaban J connectivity index is 0.000000355. The van der Waals surface area contributed by atoms with Crippen molar-refractivity contribution < 1.29 is 24.5 Å². The zero-order valence-corrected chi connectivity index (χ0v) is 22.5. The van der Waals surface area contributed by atoms with Crippen molar-refractivity contribution in [2.45, 2.75) is 19.3 Å². The Morgan fingerprint density at radius 1 is 1.07 bits per heavy atom. The lowest BCUT2D eigenvalue weighted by Crippen LogP contribution is -2.28. The average Bonchev–Trinajstić information content (AvgIpc) is 3.35. The van der Waals surface area contributed by atoms with E-state index in [1.807, 2.05) is 6.92 Å². The van der Waals surface area contributed by atoms with Crippen LogP contribution in [0.2, 0.25) is 5.02 Å². The summed E-state index contributed by atoms with van der Waals surface area (Å²) in [7, 11) is 0. The Labute approximate surface area is 234 Å². The van der Waals surface area contributed by atoms with Crippen LogP contribution >= 0.6 is 11.6 Å². The molecule has 10 heteroatoms. The van der Waals surface area contributed by atoms with Gasteiger partial charge in [0.15, 0.2) is 0 Å². The van der Waals surface area contributed by atoms with E-state index >= 15 is 0 Å². The van der Waals surface area contributed by atoms with E-state index in [1.165, 1.54) is 16.3 Å². The highest BCUT2D eigenvalue weighted by molar-refractivity contribution is 6.30. The third-order valence-electron chi connectivity index (χ3n) is 7.40. The number of likely N-dealkylation sites (tertiary alicyclic amines) is 1. The Hall–Kier alpha value is -4.21. The number of carboxylic acid groups (broad SMARTS) is 2. The predicted octanol–water partition coefficient (Wildman–Crippen LogP) is 4.17. The molecule has 2 atom stereocenters. The quantitative estimate of drug-likeness (QED) is 0.348. The molecule has 0 radical (unpaired) electrons. The van der Waals surface area contributed by atoms with Gasteiger partial charge >= 0.3 is 11.9 Å². The number of carboxylic acids is 2. The summed E-state index contributed by atoms with van der Waals surface area (Å²) in [5.74, 6) is -0.555. The lowest BCUT2D eigenvalue weighted by atomic mass is 9.84. The molecule has 1 fully saturated rings. The molecule has 0 unspecified atom stereocenters. The van der Waals surface area contributed by atoms with Gasteiger partial charge in [-0.2, -0.15) is 0 Å². The molecule has 2 aromatic heterocycles. The SMILES string of the molecule is Cc1nc2ccc(Cl)cn2c(=O)c1CCN1C[C@H]2COc3ccc4ccccc4c3[C@H]2C1.O=C(O)/C=C/C(=O)O. The summed E-state index contributed by atoms with van der Waals surface area (Å²) in [6, 6.07) is 16.4. The summed E-state index contributed by atoms with van der Waals surface area (Å²) < 4.78 is 7.71. The number of pyridine rings is 1. The number of benzene rings is 2. The van der Waals surface area contributed by atoms with E-state index in [4.69, 9.17) is 26.6 Å². The lowest BCUT2D eigenvalue weighted by molar-refractivity contribution is -0.134. The first-order chi connectivity index (χ1) is 19.2. The molecule has 1 saturated heterocycles. The molecule has 0 spiro atoms. The minimum atomic E-state index is -1.26. The number of rotatable bonds is 5. The molecule has 0 bridgehead atoms. The van der Waals surface area contributed by atoms with Gasteiger partial charge in [-0.15, -0.1) is 0 Å². The normalized spacial score (nSPS) is 18.1. The highest BCUT2D eigenvalue weighted by Crippen LogP contribution is 2.45. The van der Waals surface area contributed by atoms with Crippen LogP contribution in [0.15, 0.2) is 71.7 Å². The Kier molecular flexibility index (Phi) is 7.86. The highest BCUT2D eigenvalue weighted by Gasteiger charge is 2.39. The summed E-state index contributed by atoms with van der Waals surface area (Å²) in [5.41, 5.74) is 3.52. The number of aromatic nitrogens is 2. The Morgan fingerprint density at radius 3 is 2.58 bits per heavy atom. The van der Waals surface area contributed by atoms with Crippen molar-refractivity contribution in [3.63, 3.8) is 0 Å². The molecule has 0 aliphatic carbocycles. The van der Waals surface area contributed by atoms with Crippen LogP contribution in [0.3, 0.4) is 0 Å². The number of hydrogen-bond acceptors (Lipinski definition) is 6. The third-order valence-corrected chi connectivity index (χ3v) is 7.63. The van der Waals surface area contributed by atoms with Crippen LogP contribution in [0.1, 0.15) is 22.7 Å². The Morgan fingerprint density at radius 2 is 1.82 bits per heavy atom. The van der Waals surface area contributed by atoms with Gasteiger partial charge in [0.05, 0.1) is 11.6 Å². The molecule has 2 N–H and O–H groups in total. The minimum Gasteiger partial charge on any atom is -0.493 e. The van der Waals surface area contributed by atoms with Gasteiger partial charge in [0, 0.05) is 66.6 Å². The van der Waals surface area contributed by atoms with E-state index in [0.717, 1.165) is 43.2 Å². The predicted molar refractivity (Wildman–Crippen MR) is 151 cm³/mol. The van der Waals surface area contributed by atoms with Gasteiger partial charge in [0.1, 0.15) is 11.4 Å². The maximum Gasteiger partial charge on any atom is 0.328 e. The van der Waals surface area contributed by atoms with Crippen molar-refractivity contribution in [2.75, 3.05) is 26.2 Å². The second-order valence-corrected chi connectivity index (χ2v) is 10.4. The van der Waals surface area contributed by atoms with Gasteiger partial charge < -0.3 is 19.8 Å². The molecular weight excluding hydrogens is 534 g/mol. The number of nitrogens with zero attached hydrogens (tertiary/aromatic N) is 3. The van der Waals surface area contributed by atoms with Crippen molar-refractivity contribution in [1.82, 2.24) is 14.3 Å². The number of aryl methyl sites for hydroxylation is 1. The van der Waals surface area contributed by atoms with Crippen molar-refractivity contribution in [2.24, 2.45) is 5.92 Å². The topological polar surface area (TPSA) is 121 Å². The smallest absolute Gasteiger partial charge is 0.328 e. The van der Waals surface area contributed by atoms with Gasteiger partial charge in [-0.1, -0.05) is 41.9 Å². The fourth-order valence-corrected chi connectivity index (χ4v) is 5.74. The van der Waals surface area contributed by atoms with E-state index < -0.39 is 11.9 Å². The van der Waals surface area contributed by atoms with Gasteiger partial charge in [0.25, 0.3) is 5.56 Å². The van der Waals surface area contributed by atoms with Crippen molar-refractivity contribution in [3.8, 4) is 5.75 Å². The van der Waals surface area contributed by atoms with Crippen molar-refractivity contribution >= 4 is 40.0 Å². The van der Waals surface area contributed by atoms with E-state index in [1.54, 1.807) is 22.7 Å². The molecule has 9 nitrogen and oxygen atoms in total. The molecule has 0 amide bonds. The molecule has 6 rings (SSSR count). The summed E-state index contributed by atoms with van der Waals surface area (Å²) in [6.07, 6.45) is 3.44. The van der Waals surface area contributed by atoms with Crippen LogP contribution in [-0.2, 0) is 16.0 Å². The first-order valence-electron chi connectivity index (χ1n) is 12.9. The third kappa shape index (κ3) is 5.71. The maximum atomic E-state index is 13.1. The molecular formula is C30H28ClN3O6. The second-order valence-electron chi connectivity index (χ2n) is 9.95. The number of aliphatic carboxylic acids is 2. The fraction of sp³-hybridized carbons (Fsp3) is 0.267. The summed E-state index contributed by atoms with van der Waals surface area (Å²) in [4.78, 5) is 39.3. The number of hydrogen-bond donors (Lipinski definition) is 2. The van der Waals surface area contributed by atoms with Crippen LogP contribution < -0.4 is 10.3 Å². The van der Waals surface area contributed by atoms with Crippen LogP contribution in [-0.4, -0.2) is 62.7 Å². The molecule has 4 aromatic rings. The molecule has 40 heavy (non-hydrogen) atoms. The van der Waals surface area contributed by atoms with E-state index in [-0.39, 0.29) is 5.56 Å². The van der Waals surface area contributed by atoms with Crippen molar-refractivity contribution in [3.05, 3.63) is 99.1 Å². The van der Waals surface area contributed by atoms with Crippen LogP contribution in [0.25, 0.3) is 16.4 Å². The monoisotopic (exact) mass is 561 g/mol. The van der Waals surface area contributed by atoms with Gasteiger partial charge in [0.2, 0.25) is 0 Å². The number of fused-ring (bicyclic) bond motifs is 6. The fourth-order valence-electron chi connectivity index (χ4n) is 5.58. The molecule has 2 aromatic carbocycles. The number of ether oxygens (including phenoxy) is 1. The summed E-state index contributed by atoms with van der Waals surface area (Å²) in [5, 5.41) is 18.7. The molecule has 0 saturated carbocycles. The lowest BCUT2D eigenvalue weighted by Gasteiger charge is -2.29. The highest BCUT2D eigenvalue weighted by atomic mass is 35.5. The van der Waals surface area contributed by atoms with Gasteiger partial charge in [-0.3, -0.25) is 9.20 Å². The van der Waals surface area contributed by atoms with Crippen LogP contribution in [0, 0.1) is 12.8 Å². The van der Waals surface area contributed by atoms with E-state index in [0.29, 0.717) is 41.1 Å². The number of halogens is 1. The van der Waals surface area contributed by atoms with Gasteiger partial charge in [-0.25, -0.2) is 14.6 Å². The molecule has 2 aliphatic rings. The van der Waals surface area contributed by atoms with Crippen molar-refractivity contribution in [1.29, 1.82) is 0 Å². The maximum absolute atomic E-state index is 13.1. The first-order valence-corrected chi connectivity index (χ1v) is 13.3. The minimum absolute atomic E-state index is 0.0220. The summed E-state index contributed by atoms with van der Waals surface area (Å²) >= 11 is 6.11.